The van der Waals surface area contributed by atoms with Gasteiger partial charge >= 0.3 is 0 Å². The molecule has 1 fully saturated rings. The van der Waals surface area contributed by atoms with E-state index in [1.165, 1.54) is 4.68 Å². The molecule has 1 atom stereocenters. The molecule has 1 aromatic heterocycles. The van der Waals surface area contributed by atoms with Crippen LogP contribution in [0.4, 0.5) is 0 Å². The van der Waals surface area contributed by atoms with Gasteiger partial charge < -0.3 is 5.32 Å². The van der Waals surface area contributed by atoms with Gasteiger partial charge in [0.2, 0.25) is 15.0 Å². The highest BCUT2D eigenvalue weighted by atomic mass is 32.2. The standard InChI is InChI=1S/C9H14N4O2S/c1-9(3-2-4-10-9)7-11-8-13(12-7)5-6-16(8,14)15/h10H,2-6H2,1H3. The van der Waals surface area contributed by atoms with Crippen molar-refractivity contribution >= 4 is 9.84 Å². The number of aryl methyl sites for hydroxylation is 1. The number of sulfone groups is 1. The molecule has 6 nitrogen and oxygen atoms in total. The van der Waals surface area contributed by atoms with Crippen molar-refractivity contribution in [1.82, 2.24) is 20.1 Å². The maximum atomic E-state index is 11.6. The summed E-state index contributed by atoms with van der Waals surface area (Å²) in [6.07, 6.45) is 2.03. The Morgan fingerprint density at radius 1 is 1.50 bits per heavy atom. The van der Waals surface area contributed by atoms with Crippen LogP contribution in [0.15, 0.2) is 5.16 Å². The Morgan fingerprint density at radius 3 is 2.94 bits per heavy atom. The van der Waals surface area contributed by atoms with E-state index >= 15 is 0 Å². The van der Waals surface area contributed by atoms with Crippen LogP contribution in [0.25, 0.3) is 0 Å². The van der Waals surface area contributed by atoms with Gasteiger partial charge in [0, 0.05) is 0 Å². The third kappa shape index (κ3) is 1.31. The van der Waals surface area contributed by atoms with Crippen LogP contribution < -0.4 is 5.32 Å². The molecule has 1 saturated heterocycles. The predicted molar refractivity (Wildman–Crippen MR) is 56.7 cm³/mol. The molecule has 0 spiro atoms. The van der Waals surface area contributed by atoms with Crippen LogP contribution in [0.5, 0.6) is 0 Å². The smallest absolute Gasteiger partial charge is 0.246 e. The van der Waals surface area contributed by atoms with Crippen molar-refractivity contribution in [3.63, 3.8) is 0 Å². The number of aromatic nitrogens is 3. The molecule has 88 valence electrons. The number of fused-ring (bicyclic) bond motifs is 1. The van der Waals surface area contributed by atoms with Gasteiger partial charge in [-0.25, -0.2) is 13.1 Å². The Balaban J connectivity index is 2.07. The van der Waals surface area contributed by atoms with Gasteiger partial charge in [-0.1, -0.05) is 0 Å². The molecule has 7 heteroatoms. The van der Waals surface area contributed by atoms with Gasteiger partial charge in [0.25, 0.3) is 0 Å². The zero-order chi connectivity index (χ0) is 11.4. The molecule has 16 heavy (non-hydrogen) atoms. The second kappa shape index (κ2) is 3.04. The molecule has 1 aromatic rings. The Bertz CT molecular complexity index is 528. The molecule has 1 N–H and O–H groups in total. The lowest BCUT2D eigenvalue weighted by molar-refractivity contribution is 0.403. The summed E-state index contributed by atoms with van der Waals surface area (Å²) in [5.74, 6) is 0.746. The van der Waals surface area contributed by atoms with E-state index in [1.807, 2.05) is 6.92 Å². The summed E-state index contributed by atoms with van der Waals surface area (Å²) in [6.45, 7) is 3.39. The van der Waals surface area contributed by atoms with Crippen molar-refractivity contribution in [3.05, 3.63) is 5.82 Å². The zero-order valence-electron chi connectivity index (χ0n) is 9.10. The predicted octanol–water partition coefficient (Wildman–Crippen LogP) is -0.336. The molecule has 0 aromatic carbocycles. The van der Waals surface area contributed by atoms with E-state index in [1.54, 1.807) is 0 Å². The summed E-state index contributed by atoms with van der Waals surface area (Å²) in [6, 6.07) is 0. The highest BCUT2D eigenvalue weighted by Gasteiger charge is 2.38. The van der Waals surface area contributed by atoms with E-state index in [0.29, 0.717) is 12.4 Å². The van der Waals surface area contributed by atoms with Crippen molar-refractivity contribution < 1.29 is 8.42 Å². The normalized spacial score (nSPS) is 31.8. The van der Waals surface area contributed by atoms with Gasteiger partial charge in [-0.2, -0.15) is 10.1 Å². The first-order chi connectivity index (χ1) is 7.51. The average Bonchev–Trinajstić information content (AvgIpc) is 2.85. The lowest BCUT2D eigenvalue weighted by Crippen LogP contribution is -2.34. The minimum absolute atomic E-state index is 0.132. The van der Waals surface area contributed by atoms with Gasteiger partial charge in [0.05, 0.1) is 17.8 Å². The molecule has 2 aliphatic heterocycles. The van der Waals surface area contributed by atoms with Crippen LogP contribution >= 0.6 is 0 Å². The second-order valence-electron chi connectivity index (χ2n) is 4.62. The van der Waals surface area contributed by atoms with E-state index in [-0.39, 0.29) is 16.4 Å². The summed E-state index contributed by atoms with van der Waals surface area (Å²) >= 11 is 0. The van der Waals surface area contributed by atoms with Gasteiger partial charge in [-0.15, -0.1) is 0 Å². The third-order valence-corrected chi connectivity index (χ3v) is 4.93. The molecular weight excluding hydrogens is 228 g/mol. The van der Waals surface area contributed by atoms with E-state index < -0.39 is 9.84 Å². The number of rotatable bonds is 1. The molecule has 0 amide bonds. The number of hydrogen-bond acceptors (Lipinski definition) is 5. The molecule has 1 unspecified atom stereocenters. The first-order valence-corrected chi connectivity index (χ1v) is 7.10. The number of nitrogens with one attached hydrogen (secondary N) is 1. The number of nitrogens with zero attached hydrogens (tertiary/aromatic N) is 3. The Hall–Kier alpha value is -0.950. The van der Waals surface area contributed by atoms with Crippen LogP contribution in [-0.2, 0) is 21.9 Å². The fourth-order valence-electron chi connectivity index (χ4n) is 2.32. The fourth-order valence-corrected chi connectivity index (χ4v) is 3.60. The van der Waals surface area contributed by atoms with Crippen molar-refractivity contribution in [3.8, 4) is 0 Å². The van der Waals surface area contributed by atoms with Crippen molar-refractivity contribution in [2.24, 2.45) is 0 Å². The molecule has 0 saturated carbocycles. The summed E-state index contributed by atoms with van der Waals surface area (Å²) in [4.78, 5) is 4.20. The van der Waals surface area contributed by atoms with E-state index in [0.717, 1.165) is 19.4 Å². The maximum absolute atomic E-state index is 11.6. The SMILES string of the molecule is CC1(c2nc3n(n2)CCS3(=O)=O)CCCN1. The minimum Gasteiger partial charge on any atom is -0.305 e. The van der Waals surface area contributed by atoms with Gasteiger partial charge in [-0.05, 0) is 26.3 Å². The summed E-state index contributed by atoms with van der Waals surface area (Å²) in [5.41, 5.74) is -0.257. The van der Waals surface area contributed by atoms with Crippen LogP contribution in [0.1, 0.15) is 25.6 Å². The summed E-state index contributed by atoms with van der Waals surface area (Å²) < 4.78 is 24.8. The number of hydrogen-bond donors (Lipinski definition) is 1. The van der Waals surface area contributed by atoms with E-state index in [4.69, 9.17) is 0 Å². The van der Waals surface area contributed by atoms with Crippen molar-refractivity contribution in [1.29, 1.82) is 0 Å². The fraction of sp³-hybridized carbons (Fsp3) is 0.778. The van der Waals surface area contributed by atoms with Crippen LogP contribution in [0.2, 0.25) is 0 Å². The molecule has 3 rings (SSSR count). The molecule has 0 aliphatic carbocycles. The van der Waals surface area contributed by atoms with Crippen molar-refractivity contribution in [2.45, 2.75) is 37.0 Å². The van der Waals surface area contributed by atoms with Crippen LogP contribution in [0.3, 0.4) is 0 Å². The maximum Gasteiger partial charge on any atom is 0.246 e. The minimum atomic E-state index is -3.18. The summed E-state index contributed by atoms with van der Waals surface area (Å²) in [7, 11) is -3.18. The zero-order valence-corrected chi connectivity index (χ0v) is 9.92. The quantitative estimate of drug-likeness (QED) is 0.729. The lowest BCUT2D eigenvalue weighted by atomic mass is 10.00. The highest BCUT2D eigenvalue weighted by molar-refractivity contribution is 7.91. The van der Waals surface area contributed by atoms with Crippen LogP contribution in [0, 0.1) is 0 Å². The van der Waals surface area contributed by atoms with Gasteiger partial charge in [-0.3, -0.25) is 0 Å². The first-order valence-electron chi connectivity index (χ1n) is 5.44. The summed E-state index contributed by atoms with van der Waals surface area (Å²) in [5, 5.41) is 7.77. The molecule has 0 bridgehead atoms. The highest BCUT2D eigenvalue weighted by Crippen LogP contribution is 2.29. The molecule has 2 aliphatic rings. The van der Waals surface area contributed by atoms with Gasteiger partial charge in [0.15, 0.2) is 5.82 Å². The second-order valence-corrected chi connectivity index (χ2v) is 6.63. The third-order valence-electron chi connectivity index (χ3n) is 3.35. The monoisotopic (exact) mass is 242 g/mol. The Labute approximate surface area is 94.0 Å². The van der Waals surface area contributed by atoms with Crippen molar-refractivity contribution in [2.75, 3.05) is 12.3 Å². The first kappa shape index (κ1) is 10.2. The topological polar surface area (TPSA) is 76.9 Å². The van der Waals surface area contributed by atoms with Crippen LogP contribution in [-0.4, -0.2) is 35.5 Å². The van der Waals surface area contributed by atoms with E-state index in [2.05, 4.69) is 15.4 Å². The molecule has 0 radical (unpaired) electrons. The molecular formula is C9H14N4O2S. The van der Waals surface area contributed by atoms with E-state index in [9.17, 15) is 8.42 Å². The van der Waals surface area contributed by atoms with Gasteiger partial charge in [0.1, 0.15) is 0 Å². The largest absolute Gasteiger partial charge is 0.305 e. The average molecular weight is 242 g/mol. The molecule has 3 heterocycles. The Kier molecular flexibility index (Phi) is 1.94. The lowest BCUT2D eigenvalue weighted by Gasteiger charge is -2.19. The Morgan fingerprint density at radius 2 is 2.31 bits per heavy atom.